The molecule has 3 N–H and O–H groups in total. The first-order chi connectivity index (χ1) is 7.97. The van der Waals surface area contributed by atoms with E-state index in [0.717, 1.165) is 18.7 Å². The van der Waals surface area contributed by atoms with Gasteiger partial charge < -0.3 is 10.6 Å². The van der Waals surface area contributed by atoms with Gasteiger partial charge in [-0.1, -0.05) is 0 Å². The lowest BCUT2D eigenvalue weighted by Gasteiger charge is -2.06. The fourth-order valence-electron chi connectivity index (χ4n) is 1.35. The van der Waals surface area contributed by atoms with E-state index in [1.807, 2.05) is 0 Å². The van der Waals surface area contributed by atoms with E-state index >= 15 is 0 Å². The molecule has 1 aliphatic rings. The highest BCUT2D eigenvalue weighted by Crippen LogP contribution is 2.27. The minimum absolute atomic E-state index is 0. The molecule has 6 nitrogen and oxygen atoms in total. The standard InChI is InChI=1S/C10H21N3O3S.ClH/c1-17(15,16)13-6-2-5-12-10(14)8-11-7-9-3-4-9;/h9,11,13H,2-8H2,1H3,(H,12,14);1H. The van der Waals surface area contributed by atoms with Gasteiger partial charge in [-0.3, -0.25) is 4.79 Å². The molecule has 18 heavy (non-hydrogen) atoms. The second-order valence-corrected chi connectivity index (χ2v) is 6.28. The zero-order chi connectivity index (χ0) is 12.7. The van der Waals surface area contributed by atoms with Crippen LogP contribution in [0.5, 0.6) is 0 Å². The van der Waals surface area contributed by atoms with Crippen molar-refractivity contribution in [1.82, 2.24) is 15.4 Å². The van der Waals surface area contributed by atoms with E-state index in [1.54, 1.807) is 0 Å². The van der Waals surface area contributed by atoms with Crippen molar-refractivity contribution in [2.24, 2.45) is 5.92 Å². The Balaban J connectivity index is 0.00000289. The minimum atomic E-state index is -3.12. The Hall–Kier alpha value is -0.370. The van der Waals surface area contributed by atoms with Gasteiger partial charge in [-0.15, -0.1) is 12.4 Å². The third kappa shape index (κ3) is 10.8. The molecule has 0 atom stereocenters. The molecule has 0 aromatic heterocycles. The van der Waals surface area contributed by atoms with Gasteiger partial charge in [-0.05, 0) is 31.7 Å². The smallest absolute Gasteiger partial charge is 0.233 e. The van der Waals surface area contributed by atoms with Gasteiger partial charge in [0.05, 0.1) is 12.8 Å². The second-order valence-electron chi connectivity index (χ2n) is 4.44. The molecule has 0 unspecified atom stereocenters. The van der Waals surface area contributed by atoms with Crippen LogP contribution in [0.3, 0.4) is 0 Å². The Bertz CT molecular complexity index is 344. The number of halogens is 1. The molecular formula is C10H22ClN3O3S. The molecule has 8 heteroatoms. The Morgan fingerprint density at radius 3 is 2.50 bits per heavy atom. The molecule has 1 amide bonds. The van der Waals surface area contributed by atoms with Crippen molar-refractivity contribution < 1.29 is 13.2 Å². The average Bonchev–Trinajstić information content (AvgIpc) is 2.99. The highest BCUT2D eigenvalue weighted by Gasteiger charge is 2.20. The Labute approximate surface area is 115 Å². The molecule has 0 spiro atoms. The maximum absolute atomic E-state index is 11.3. The predicted molar refractivity (Wildman–Crippen MR) is 73.3 cm³/mol. The lowest BCUT2D eigenvalue weighted by molar-refractivity contribution is -0.120. The van der Waals surface area contributed by atoms with Crippen LogP contribution in [0.25, 0.3) is 0 Å². The molecule has 1 saturated carbocycles. The number of hydrogen-bond acceptors (Lipinski definition) is 4. The SMILES string of the molecule is CS(=O)(=O)NCCCNC(=O)CNCC1CC1.Cl. The van der Waals surface area contributed by atoms with Crippen LogP contribution in [0.15, 0.2) is 0 Å². The van der Waals surface area contributed by atoms with Crippen molar-refractivity contribution in [2.75, 3.05) is 32.4 Å². The number of carbonyl (C=O) groups excluding carboxylic acids is 1. The van der Waals surface area contributed by atoms with Crippen LogP contribution < -0.4 is 15.4 Å². The van der Waals surface area contributed by atoms with Crippen LogP contribution in [-0.2, 0) is 14.8 Å². The van der Waals surface area contributed by atoms with Crippen molar-refractivity contribution in [3.63, 3.8) is 0 Å². The molecule has 0 aromatic carbocycles. The van der Waals surface area contributed by atoms with Gasteiger partial charge in [0.2, 0.25) is 15.9 Å². The van der Waals surface area contributed by atoms with E-state index in [9.17, 15) is 13.2 Å². The van der Waals surface area contributed by atoms with E-state index in [1.165, 1.54) is 12.8 Å². The summed E-state index contributed by atoms with van der Waals surface area (Å²) >= 11 is 0. The van der Waals surface area contributed by atoms with E-state index < -0.39 is 10.0 Å². The summed E-state index contributed by atoms with van der Waals surface area (Å²) in [5.74, 6) is 0.728. The monoisotopic (exact) mass is 299 g/mol. The summed E-state index contributed by atoms with van der Waals surface area (Å²) in [6, 6.07) is 0. The summed E-state index contributed by atoms with van der Waals surface area (Å²) < 4.78 is 23.8. The van der Waals surface area contributed by atoms with Crippen LogP contribution in [0, 0.1) is 5.92 Å². The third-order valence-electron chi connectivity index (χ3n) is 2.46. The van der Waals surface area contributed by atoms with Gasteiger partial charge in [0.1, 0.15) is 0 Å². The molecule has 0 radical (unpaired) electrons. The quantitative estimate of drug-likeness (QED) is 0.499. The second kappa shape index (κ2) is 8.68. The molecule has 0 aliphatic heterocycles. The number of sulfonamides is 1. The lowest BCUT2D eigenvalue weighted by Crippen LogP contribution is -2.36. The van der Waals surface area contributed by atoms with Crippen molar-refractivity contribution in [2.45, 2.75) is 19.3 Å². The summed E-state index contributed by atoms with van der Waals surface area (Å²) in [4.78, 5) is 11.3. The van der Waals surface area contributed by atoms with Crippen LogP contribution >= 0.6 is 12.4 Å². The van der Waals surface area contributed by atoms with Crippen LogP contribution in [0.4, 0.5) is 0 Å². The van der Waals surface area contributed by atoms with Gasteiger partial charge >= 0.3 is 0 Å². The predicted octanol–water partition coefficient (Wildman–Crippen LogP) is -0.537. The minimum Gasteiger partial charge on any atom is -0.355 e. The summed E-state index contributed by atoms with van der Waals surface area (Å²) in [7, 11) is -3.12. The van der Waals surface area contributed by atoms with E-state index in [0.29, 0.717) is 26.1 Å². The highest BCUT2D eigenvalue weighted by molar-refractivity contribution is 7.88. The number of amides is 1. The van der Waals surface area contributed by atoms with E-state index in [-0.39, 0.29) is 18.3 Å². The Morgan fingerprint density at radius 1 is 1.28 bits per heavy atom. The van der Waals surface area contributed by atoms with Gasteiger partial charge in [0, 0.05) is 13.1 Å². The largest absolute Gasteiger partial charge is 0.355 e. The molecule has 0 aromatic rings. The van der Waals surface area contributed by atoms with Crippen molar-refractivity contribution >= 4 is 28.3 Å². The number of carbonyl (C=O) groups is 1. The van der Waals surface area contributed by atoms with Crippen LogP contribution in [0.1, 0.15) is 19.3 Å². The van der Waals surface area contributed by atoms with Gasteiger partial charge in [-0.2, -0.15) is 0 Å². The maximum Gasteiger partial charge on any atom is 0.233 e. The van der Waals surface area contributed by atoms with Gasteiger partial charge in [0.15, 0.2) is 0 Å². The van der Waals surface area contributed by atoms with E-state index in [2.05, 4.69) is 15.4 Å². The van der Waals surface area contributed by atoms with Crippen molar-refractivity contribution in [1.29, 1.82) is 0 Å². The molecular weight excluding hydrogens is 278 g/mol. The van der Waals surface area contributed by atoms with Crippen molar-refractivity contribution in [3.05, 3.63) is 0 Å². The summed E-state index contributed by atoms with van der Waals surface area (Å²) in [5, 5.41) is 5.82. The molecule has 108 valence electrons. The summed E-state index contributed by atoms with van der Waals surface area (Å²) in [5.41, 5.74) is 0. The van der Waals surface area contributed by atoms with Gasteiger partial charge in [-0.25, -0.2) is 13.1 Å². The molecule has 0 heterocycles. The lowest BCUT2D eigenvalue weighted by atomic mass is 10.4. The third-order valence-corrected chi connectivity index (χ3v) is 3.18. The first kappa shape index (κ1) is 17.6. The molecule has 0 bridgehead atoms. The Morgan fingerprint density at radius 2 is 1.94 bits per heavy atom. The van der Waals surface area contributed by atoms with Crippen LogP contribution in [-0.4, -0.2) is 46.8 Å². The normalized spacial score (nSPS) is 14.9. The van der Waals surface area contributed by atoms with Gasteiger partial charge in [0.25, 0.3) is 0 Å². The number of nitrogens with one attached hydrogen (secondary N) is 3. The van der Waals surface area contributed by atoms with E-state index in [4.69, 9.17) is 0 Å². The Kier molecular flexibility index (Phi) is 8.51. The molecule has 1 rings (SSSR count). The molecule has 0 saturated heterocycles. The zero-order valence-electron chi connectivity index (χ0n) is 10.6. The zero-order valence-corrected chi connectivity index (χ0v) is 12.2. The molecule has 1 fully saturated rings. The topological polar surface area (TPSA) is 87.3 Å². The fraction of sp³-hybridized carbons (Fsp3) is 0.900. The average molecular weight is 300 g/mol. The molecule has 1 aliphatic carbocycles. The van der Waals surface area contributed by atoms with Crippen molar-refractivity contribution in [3.8, 4) is 0 Å². The maximum atomic E-state index is 11.3. The summed E-state index contributed by atoms with van der Waals surface area (Å²) in [6.07, 6.45) is 4.26. The highest BCUT2D eigenvalue weighted by atomic mass is 35.5. The number of rotatable bonds is 9. The number of hydrogen-bond donors (Lipinski definition) is 3. The summed E-state index contributed by atoms with van der Waals surface area (Å²) in [6.45, 7) is 2.11. The fourth-order valence-corrected chi connectivity index (χ4v) is 1.86. The first-order valence-corrected chi connectivity index (χ1v) is 7.78. The van der Waals surface area contributed by atoms with Crippen LogP contribution in [0.2, 0.25) is 0 Å². The first-order valence-electron chi connectivity index (χ1n) is 5.89.